The predicted octanol–water partition coefficient (Wildman–Crippen LogP) is 2.08. The zero-order valence-corrected chi connectivity index (χ0v) is 12.7. The Hall–Kier alpha value is -1.46. The zero-order chi connectivity index (χ0) is 15.2. The molecular formula is C16H24FN3O. The van der Waals surface area contributed by atoms with Gasteiger partial charge in [0, 0.05) is 12.6 Å². The number of hydrogen-bond donors (Lipinski definition) is 2. The van der Waals surface area contributed by atoms with E-state index >= 15 is 0 Å². The number of likely N-dealkylation sites (tertiary alicyclic amines) is 1. The number of amides is 1. The minimum Gasteiger partial charge on any atom is -0.322 e. The molecule has 5 heteroatoms. The fraction of sp³-hybridized carbons (Fsp3) is 0.562. The second-order valence-electron chi connectivity index (χ2n) is 5.90. The quantitative estimate of drug-likeness (QED) is 0.844. The summed E-state index contributed by atoms with van der Waals surface area (Å²) in [4.78, 5) is 14.2. The molecule has 0 aliphatic carbocycles. The van der Waals surface area contributed by atoms with Crippen molar-refractivity contribution in [3.63, 3.8) is 0 Å². The van der Waals surface area contributed by atoms with Gasteiger partial charge < -0.3 is 15.5 Å². The third kappa shape index (κ3) is 4.79. The molecule has 2 N–H and O–H groups in total. The first-order chi connectivity index (χ1) is 10.1. The van der Waals surface area contributed by atoms with Crippen molar-refractivity contribution in [2.45, 2.75) is 26.3 Å². The standard InChI is InChI=1S/C16H24FN3O/c1-12(2)20-8-7-13(11-20)9-18-10-16(21)19-15-6-4-3-5-14(15)17/h3-6,12-13,18H,7-11H2,1-2H3,(H,19,21). The largest absolute Gasteiger partial charge is 0.322 e. The number of carbonyl (C=O) groups is 1. The molecule has 1 aliphatic rings. The number of carbonyl (C=O) groups excluding carboxylic acids is 1. The number of benzene rings is 1. The lowest BCUT2D eigenvalue weighted by atomic mass is 10.1. The summed E-state index contributed by atoms with van der Waals surface area (Å²) >= 11 is 0. The maximum atomic E-state index is 13.4. The van der Waals surface area contributed by atoms with Gasteiger partial charge in [0.05, 0.1) is 12.2 Å². The molecule has 21 heavy (non-hydrogen) atoms. The summed E-state index contributed by atoms with van der Waals surface area (Å²) in [5.74, 6) is -0.0262. The van der Waals surface area contributed by atoms with E-state index in [0.717, 1.165) is 19.6 Å². The van der Waals surface area contributed by atoms with Gasteiger partial charge in [-0.1, -0.05) is 12.1 Å². The van der Waals surface area contributed by atoms with Crippen LogP contribution in [0.5, 0.6) is 0 Å². The van der Waals surface area contributed by atoms with E-state index in [1.165, 1.54) is 12.5 Å². The van der Waals surface area contributed by atoms with Gasteiger partial charge >= 0.3 is 0 Å². The highest BCUT2D eigenvalue weighted by Crippen LogP contribution is 2.17. The van der Waals surface area contributed by atoms with E-state index in [1.807, 2.05) is 0 Å². The van der Waals surface area contributed by atoms with Gasteiger partial charge in [-0.15, -0.1) is 0 Å². The normalized spacial score (nSPS) is 19.1. The summed E-state index contributed by atoms with van der Waals surface area (Å²) in [5, 5.41) is 5.74. The van der Waals surface area contributed by atoms with E-state index in [-0.39, 0.29) is 18.1 Å². The van der Waals surface area contributed by atoms with Crippen LogP contribution in [0.2, 0.25) is 0 Å². The van der Waals surface area contributed by atoms with Crippen molar-refractivity contribution in [3.05, 3.63) is 30.1 Å². The van der Waals surface area contributed by atoms with Crippen molar-refractivity contribution >= 4 is 11.6 Å². The summed E-state index contributed by atoms with van der Waals surface area (Å²) in [5.41, 5.74) is 0.233. The Morgan fingerprint density at radius 2 is 2.19 bits per heavy atom. The van der Waals surface area contributed by atoms with Gasteiger partial charge in [-0.3, -0.25) is 4.79 Å². The minimum absolute atomic E-state index is 0.209. The van der Waals surface area contributed by atoms with Crippen LogP contribution in [0.15, 0.2) is 24.3 Å². The lowest BCUT2D eigenvalue weighted by Crippen LogP contribution is -2.34. The molecule has 2 rings (SSSR count). The third-order valence-corrected chi connectivity index (χ3v) is 3.91. The summed E-state index contributed by atoms with van der Waals surface area (Å²) in [7, 11) is 0. The van der Waals surface area contributed by atoms with Crippen LogP contribution in [-0.2, 0) is 4.79 Å². The van der Waals surface area contributed by atoms with Gasteiger partial charge in [0.15, 0.2) is 0 Å². The van der Waals surface area contributed by atoms with Crippen LogP contribution in [0.4, 0.5) is 10.1 Å². The maximum absolute atomic E-state index is 13.4. The molecule has 1 heterocycles. The molecule has 0 saturated carbocycles. The molecule has 1 saturated heterocycles. The Kier molecular flexibility index (Phi) is 5.70. The second kappa shape index (κ2) is 7.52. The molecule has 0 radical (unpaired) electrons. The summed E-state index contributed by atoms with van der Waals surface area (Å²) in [6.45, 7) is 7.67. The fourth-order valence-electron chi connectivity index (χ4n) is 2.65. The summed E-state index contributed by atoms with van der Waals surface area (Å²) in [6, 6.07) is 6.78. The van der Waals surface area contributed by atoms with Gasteiger partial charge in [-0.05, 0) is 51.4 Å². The van der Waals surface area contributed by atoms with E-state index in [9.17, 15) is 9.18 Å². The molecule has 0 spiro atoms. The average molecular weight is 293 g/mol. The highest BCUT2D eigenvalue weighted by Gasteiger charge is 2.23. The molecule has 4 nitrogen and oxygen atoms in total. The van der Waals surface area contributed by atoms with Gasteiger partial charge in [0.1, 0.15) is 5.82 Å². The monoisotopic (exact) mass is 293 g/mol. The molecule has 1 aromatic carbocycles. The van der Waals surface area contributed by atoms with E-state index in [2.05, 4.69) is 29.4 Å². The molecule has 0 aromatic heterocycles. The van der Waals surface area contributed by atoms with Crippen LogP contribution in [0.3, 0.4) is 0 Å². The van der Waals surface area contributed by atoms with Gasteiger partial charge in [0.2, 0.25) is 5.91 Å². The number of para-hydroxylation sites is 1. The van der Waals surface area contributed by atoms with Crippen LogP contribution in [0.25, 0.3) is 0 Å². The number of rotatable bonds is 6. The number of nitrogens with zero attached hydrogens (tertiary/aromatic N) is 1. The first kappa shape index (κ1) is 15.9. The molecule has 1 aliphatic heterocycles. The van der Waals surface area contributed by atoms with Crippen molar-refractivity contribution in [1.82, 2.24) is 10.2 Å². The Bertz CT molecular complexity index is 478. The number of halogens is 1. The van der Waals surface area contributed by atoms with Gasteiger partial charge in [-0.25, -0.2) is 4.39 Å². The molecule has 1 atom stereocenters. The fourth-order valence-corrected chi connectivity index (χ4v) is 2.65. The molecule has 0 bridgehead atoms. The predicted molar refractivity (Wildman–Crippen MR) is 82.7 cm³/mol. The SMILES string of the molecule is CC(C)N1CCC(CNCC(=O)Nc2ccccc2F)C1. The minimum atomic E-state index is -0.408. The third-order valence-electron chi connectivity index (χ3n) is 3.91. The van der Waals surface area contributed by atoms with Crippen LogP contribution in [0.1, 0.15) is 20.3 Å². The first-order valence-electron chi connectivity index (χ1n) is 7.55. The molecule has 1 unspecified atom stereocenters. The molecule has 1 fully saturated rings. The smallest absolute Gasteiger partial charge is 0.238 e. The summed E-state index contributed by atoms with van der Waals surface area (Å²) in [6.07, 6.45) is 1.17. The highest BCUT2D eigenvalue weighted by molar-refractivity contribution is 5.92. The van der Waals surface area contributed by atoms with Crippen molar-refractivity contribution < 1.29 is 9.18 Å². The van der Waals surface area contributed by atoms with Crippen LogP contribution in [-0.4, -0.2) is 43.0 Å². The Morgan fingerprint density at radius 3 is 2.86 bits per heavy atom. The van der Waals surface area contributed by atoms with E-state index < -0.39 is 5.82 Å². The lowest BCUT2D eigenvalue weighted by Gasteiger charge is -2.20. The number of hydrogen-bond acceptors (Lipinski definition) is 3. The second-order valence-corrected chi connectivity index (χ2v) is 5.90. The maximum Gasteiger partial charge on any atom is 0.238 e. The van der Waals surface area contributed by atoms with Gasteiger partial charge in [0.25, 0.3) is 0 Å². The zero-order valence-electron chi connectivity index (χ0n) is 12.7. The van der Waals surface area contributed by atoms with Crippen molar-refractivity contribution in [1.29, 1.82) is 0 Å². The van der Waals surface area contributed by atoms with Crippen molar-refractivity contribution in [2.75, 3.05) is 31.5 Å². The van der Waals surface area contributed by atoms with E-state index in [4.69, 9.17) is 0 Å². The van der Waals surface area contributed by atoms with Crippen molar-refractivity contribution in [3.8, 4) is 0 Å². The Labute approximate surface area is 125 Å². The van der Waals surface area contributed by atoms with E-state index in [1.54, 1.807) is 18.2 Å². The number of nitrogens with one attached hydrogen (secondary N) is 2. The highest BCUT2D eigenvalue weighted by atomic mass is 19.1. The molecule has 116 valence electrons. The first-order valence-corrected chi connectivity index (χ1v) is 7.55. The average Bonchev–Trinajstić information content (AvgIpc) is 2.90. The molecule has 1 aromatic rings. The number of anilines is 1. The van der Waals surface area contributed by atoms with Crippen LogP contribution >= 0.6 is 0 Å². The molecular weight excluding hydrogens is 269 g/mol. The van der Waals surface area contributed by atoms with Gasteiger partial charge in [-0.2, -0.15) is 0 Å². The Morgan fingerprint density at radius 1 is 1.43 bits per heavy atom. The Balaban J connectivity index is 1.67. The van der Waals surface area contributed by atoms with E-state index in [0.29, 0.717) is 12.0 Å². The molecule has 1 amide bonds. The van der Waals surface area contributed by atoms with Crippen molar-refractivity contribution in [2.24, 2.45) is 5.92 Å². The van der Waals surface area contributed by atoms with Crippen LogP contribution in [0, 0.1) is 11.7 Å². The van der Waals surface area contributed by atoms with Crippen LogP contribution < -0.4 is 10.6 Å². The lowest BCUT2D eigenvalue weighted by molar-refractivity contribution is -0.115. The topological polar surface area (TPSA) is 44.4 Å². The summed E-state index contributed by atoms with van der Waals surface area (Å²) < 4.78 is 13.4.